The predicted molar refractivity (Wildman–Crippen MR) is 57.3 cm³/mol. The first kappa shape index (κ1) is 13.1. The molecule has 0 aromatic heterocycles. The lowest BCUT2D eigenvalue weighted by atomic mass is 10.2. The molecule has 0 unspecified atom stereocenters. The maximum atomic E-state index is 13.3. The fourth-order valence-corrected chi connectivity index (χ4v) is 2.16. The third-order valence-corrected chi connectivity index (χ3v) is 3.54. The molecule has 0 spiro atoms. The predicted octanol–water partition coefficient (Wildman–Crippen LogP) is 1.75. The molecule has 3 nitrogen and oxygen atoms in total. The van der Waals surface area contributed by atoms with E-state index in [-0.39, 0.29) is 18.7 Å². The third-order valence-electron chi connectivity index (χ3n) is 2.22. The lowest BCUT2D eigenvalue weighted by Gasteiger charge is -2.18. The van der Waals surface area contributed by atoms with Crippen molar-refractivity contribution in [3.8, 4) is 0 Å². The van der Waals surface area contributed by atoms with Crippen LogP contribution in [0.1, 0.15) is 12.5 Å². The standard InChI is InChI=1S/C10H13F2NO2S/c1-3-13(16(2,14)15)7-8-9(11)5-4-6-10(8)12/h4-6H,3,7H2,1-2H3. The van der Waals surface area contributed by atoms with Crippen LogP contribution in [0.4, 0.5) is 8.78 Å². The topological polar surface area (TPSA) is 37.4 Å². The van der Waals surface area contributed by atoms with Gasteiger partial charge in [0.25, 0.3) is 0 Å². The second-order valence-electron chi connectivity index (χ2n) is 3.39. The molecule has 0 bridgehead atoms. The van der Waals surface area contributed by atoms with Crippen molar-refractivity contribution in [1.29, 1.82) is 0 Å². The van der Waals surface area contributed by atoms with E-state index >= 15 is 0 Å². The second-order valence-corrected chi connectivity index (χ2v) is 5.37. The van der Waals surface area contributed by atoms with Crippen molar-refractivity contribution in [3.63, 3.8) is 0 Å². The van der Waals surface area contributed by atoms with Crippen LogP contribution in [0.15, 0.2) is 18.2 Å². The van der Waals surface area contributed by atoms with Crippen LogP contribution < -0.4 is 0 Å². The van der Waals surface area contributed by atoms with Gasteiger partial charge >= 0.3 is 0 Å². The molecule has 0 N–H and O–H groups in total. The summed E-state index contributed by atoms with van der Waals surface area (Å²) < 4.78 is 50.1. The van der Waals surface area contributed by atoms with E-state index in [1.54, 1.807) is 6.92 Å². The average molecular weight is 249 g/mol. The Bertz CT molecular complexity index is 453. The van der Waals surface area contributed by atoms with Crippen molar-refractivity contribution in [1.82, 2.24) is 4.31 Å². The number of rotatable bonds is 4. The van der Waals surface area contributed by atoms with Gasteiger partial charge < -0.3 is 0 Å². The number of halogens is 2. The minimum absolute atomic E-state index is 0.173. The van der Waals surface area contributed by atoms with Gasteiger partial charge in [0.05, 0.1) is 6.26 Å². The zero-order valence-corrected chi connectivity index (χ0v) is 9.89. The van der Waals surface area contributed by atoms with E-state index in [9.17, 15) is 17.2 Å². The van der Waals surface area contributed by atoms with E-state index in [1.807, 2.05) is 0 Å². The highest BCUT2D eigenvalue weighted by Gasteiger charge is 2.18. The molecule has 0 radical (unpaired) electrons. The van der Waals surface area contributed by atoms with E-state index < -0.39 is 21.7 Å². The van der Waals surface area contributed by atoms with Crippen molar-refractivity contribution in [2.45, 2.75) is 13.5 Å². The zero-order valence-electron chi connectivity index (χ0n) is 9.07. The van der Waals surface area contributed by atoms with Gasteiger partial charge in [-0.1, -0.05) is 13.0 Å². The molecule has 0 aliphatic heterocycles. The van der Waals surface area contributed by atoms with Crippen molar-refractivity contribution in [2.24, 2.45) is 0 Å². The summed E-state index contributed by atoms with van der Waals surface area (Å²) in [6, 6.07) is 3.45. The summed E-state index contributed by atoms with van der Waals surface area (Å²) in [6.07, 6.45) is 1.01. The maximum Gasteiger partial charge on any atom is 0.211 e. The summed E-state index contributed by atoms with van der Waals surface area (Å²) in [4.78, 5) is 0. The van der Waals surface area contributed by atoms with Crippen LogP contribution in [-0.2, 0) is 16.6 Å². The molecule has 16 heavy (non-hydrogen) atoms. The smallest absolute Gasteiger partial charge is 0.211 e. The van der Waals surface area contributed by atoms with Gasteiger partial charge in [0.2, 0.25) is 10.0 Å². The number of sulfonamides is 1. The molecule has 0 fully saturated rings. The van der Waals surface area contributed by atoms with Crippen molar-refractivity contribution < 1.29 is 17.2 Å². The van der Waals surface area contributed by atoms with Crippen LogP contribution in [0.2, 0.25) is 0 Å². The minimum Gasteiger partial charge on any atom is -0.212 e. The van der Waals surface area contributed by atoms with Gasteiger partial charge in [0.1, 0.15) is 11.6 Å². The van der Waals surface area contributed by atoms with Crippen LogP contribution in [0.25, 0.3) is 0 Å². The monoisotopic (exact) mass is 249 g/mol. The number of hydrogen-bond donors (Lipinski definition) is 0. The summed E-state index contributed by atoms with van der Waals surface area (Å²) in [6.45, 7) is 1.50. The fourth-order valence-electron chi connectivity index (χ4n) is 1.32. The number of hydrogen-bond acceptors (Lipinski definition) is 2. The summed E-state index contributed by atoms with van der Waals surface area (Å²) >= 11 is 0. The first-order chi connectivity index (χ1) is 7.36. The highest BCUT2D eigenvalue weighted by atomic mass is 32.2. The molecule has 1 aromatic rings. The van der Waals surface area contributed by atoms with E-state index in [0.717, 1.165) is 22.7 Å². The highest BCUT2D eigenvalue weighted by molar-refractivity contribution is 7.88. The van der Waals surface area contributed by atoms with Crippen LogP contribution in [-0.4, -0.2) is 25.5 Å². The molecule has 1 rings (SSSR count). The fraction of sp³-hybridized carbons (Fsp3) is 0.400. The van der Waals surface area contributed by atoms with Crippen molar-refractivity contribution in [3.05, 3.63) is 35.4 Å². The van der Waals surface area contributed by atoms with Gasteiger partial charge in [-0.05, 0) is 12.1 Å². The molecular weight excluding hydrogens is 236 g/mol. The zero-order chi connectivity index (χ0) is 12.3. The summed E-state index contributed by atoms with van der Waals surface area (Å²) in [7, 11) is -3.45. The minimum atomic E-state index is -3.45. The van der Waals surface area contributed by atoms with Gasteiger partial charge in [-0.15, -0.1) is 0 Å². The SMILES string of the molecule is CCN(Cc1c(F)cccc1F)S(C)(=O)=O. The van der Waals surface area contributed by atoms with Gasteiger partial charge in [0, 0.05) is 18.7 Å². The molecule has 0 heterocycles. The Hall–Kier alpha value is -1.01. The molecule has 0 saturated carbocycles. The Kier molecular flexibility index (Phi) is 3.98. The van der Waals surface area contributed by atoms with E-state index in [1.165, 1.54) is 6.07 Å². The number of nitrogens with zero attached hydrogens (tertiary/aromatic N) is 1. The molecule has 90 valence electrons. The van der Waals surface area contributed by atoms with Gasteiger partial charge in [-0.25, -0.2) is 17.2 Å². The molecule has 0 aliphatic rings. The largest absolute Gasteiger partial charge is 0.212 e. The molecule has 0 aliphatic carbocycles. The average Bonchev–Trinajstić information content (AvgIpc) is 2.15. The Balaban J connectivity index is 3.04. The second kappa shape index (κ2) is 4.88. The lowest BCUT2D eigenvalue weighted by molar-refractivity contribution is 0.408. The molecule has 0 saturated heterocycles. The third kappa shape index (κ3) is 2.99. The summed E-state index contributed by atoms with van der Waals surface area (Å²) in [5.74, 6) is -1.47. The van der Waals surface area contributed by atoms with Gasteiger partial charge in [-0.3, -0.25) is 0 Å². The first-order valence-corrected chi connectivity index (χ1v) is 6.59. The molecule has 6 heteroatoms. The van der Waals surface area contributed by atoms with Crippen LogP contribution in [0, 0.1) is 11.6 Å². The normalized spacial score (nSPS) is 12.1. The van der Waals surface area contributed by atoms with Crippen molar-refractivity contribution in [2.75, 3.05) is 12.8 Å². The van der Waals surface area contributed by atoms with Crippen LogP contribution in [0.3, 0.4) is 0 Å². The molecule has 0 amide bonds. The quantitative estimate of drug-likeness (QED) is 0.815. The lowest BCUT2D eigenvalue weighted by Crippen LogP contribution is -2.30. The van der Waals surface area contributed by atoms with E-state index in [0.29, 0.717) is 0 Å². The molecule has 0 atom stereocenters. The van der Waals surface area contributed by atoms with Crippen LogP contribution in [0.5, 0.6) is 0 Å². The molecular formula is C10H13F2NO2S. The molecule has 1 aromatic carbocycles. The van der Waals surface area contributed by atoms with Crippen molar-refractivity contribution >= 4 is 10.0 Å². The van der Waals surface area contributed by atoms with Gasteiger partial charge in [0.15, 0.2) is 0 Å². The Morgan fingerprint density at radius 2 is 1.75 bits per heavy atom. The Morgan fingerprint density at radius 3 is 2.12 bits per heavy atom. The summed E-state index contributed by atoms with van der Waals surface area (Å²) in [5.41, 5.74) is -0.227. The summed E-state index contributed by atoms with van der Waals surface area (Å²) in [5, 5.41) is 0. The van der Waals surface area contributed by atoms with Crippen LogP contribution >= 0.6 is 0 Å². The first-order valence-electron chi connectivity index (χ1n) is 4.74. The van der Waals surface area contributed by atoms with Gasteiger partial charge in [-0.2, -0.15) is 4.31 Å². The van der Waals surface area contributed by atoms with E-state index in [4.69, 9.17) is 0 Å². The Labute approximate surface area is 93.7 Å². The van der Waals surface area contributed by atoms with E-state index in [2.05, 4.69) is 0 Å². The highest BCUT2D eigenvalue weighted by Crippen LogP contribution is 2.15. The number of benzene rings is 1. The Morgan fingerprint density at radius 1 is 1.25 bits per heavy atom. The maximum absolute atomic E-state index is 13.3.